The molecule has 0 radical (unpaired) electrons. The molecule has 88 valence electrons. The van der Waals surface area contributed by atoms with Gasteiger partial charge >= 0.3 is 0 Å². The van der Waals surface area contributed by atoms with Crippen LogP contribution >= 0.6 is 15.9 Å². The molecule has 0 N–H and O–H groups in total. The predicted molar refractivity (Wildman–Crippen MR) is 67.2 cm³/mol. The maximum Gasteiger partial charge on any atom is 0.271 e. The molecular formula is C12H10BrFN2O. The highest BCUT2D eigenvalue weighted by molar-refractivity contribution is 9.08. The highest BCUT2D eigenvalue weighted by atomic mass is 79.9. The van der Waals surface area contributed by atoms with Crippen molar-refractivity contribution in [2.75, 3.05) is 0 Å². The van der Waals surface area contributed by atoms with Gasteiger partial charge in [-0.1, -0.05) is 15.9 Å². The van der Waals surface area contributed by atoms with Crippen LogP contribution in [-0.2, 0) is 5.33 Å². The molecule has 2 rings (SSSR count). The van der Waals surface area contributed by atoms with Crippen LogP contribution < -0.4 is 5.56 Å². The average molecular weight is 297 g/mol. The van der Waals surface area contributed by atoms with Crippen LogP contribution in [-0.4, -0.2) is 9.78 Å². The number of hydrogen-bond donors (Lipinski definition) is 0. The smallest absolute Gasteiger partial charge is 0.267 e. The van der Waals surface area contributed by atoms with E-state index in [9.17, 15) is 9.18 Å². The summed E-state index contributed by atoms with van der Waals surface area (Å²) >= 11 is 3.31. The summed E-state index contributed by atoms with van der Waals surface area (Å²) in [4.78, 5) is 11.8. The van der Waals surface area contributed by atoms with Crippen LogP contribution in [0.4, 0.5) is 4.39 Å². The van der Waals surface area contributed by atoms with Crippen molar-refractivity contribution in [2.24, 2.45) is 0 Å². The van der Waals surface area contributed by atoms with Crippen molar-refractivity contribution in [3.05, 3.63) is 57.8 Å². The van der Waals surface area contributed by atoms with Gasteiger partial charge in [0.1, 0.15) is 5.82 Å². The van der Waals surface area contributed by atoms with Crippen molar-refractivity contribution in [1.82, 2.24) is 9.78 Å². The van der Waals surface area contributed by atoms with E-state index in [1.54, 1.807) is 0 Å². The first-order chi connectivity index (χ1) is 8.11. The summed E-state index contributed by atoms with van der Waals surface area (Å²) in [5, 5.41) is 4.79. The Balaban J connectivity index is 2.59. The van der Waals surface area contributed by atoms with E-state index in [0.29, 0.717) is 11.0 Å². The SMILES string of the molecule is Cc1cc(=O)n(-c2ccc(F)cc2)nc1CBr. The Morgan fingerprint density at radius 2 is 2.00 bits per heavy atom. The molecule has 0 fully saturated rings. The van der Waals surface area contributed by atoms with Crippen LogP contribution in [0.3, 0.4) is 0 Å². The molecule has 0 amide bonds. The Labute approximate surface area is 106 Å². The molecule has 2 aromatic rings. The summed E-state index contributed by atoms with van der Waals surface area (Å²) in [7, 11) is 0. The van der Waals surface area contributed by atoms with Crippen molar-refractivity contribution in [1.29, 1.82) is 0 Å². The molecule has 0 aliphatic carbocycles. The monoisotopic (exact) mass is 296 g/mol. The van der Waals surface area contributed by atoms with Crippen LogP contribution in [0.1, 0.15) is 11.3 Å². The van der Waals surface area contributed by atoms with E-state index in [4.69, 9.17) is 0 Å². The number of benzene rings is 1. The van der Waals surface area contributed by atoms with E-state index >= 15 is 0 Å². The molecule has 1 heterocycles. The van der Waals surface area contributed by atoms with Crippen molar-refractivity contribution >= 4 is 15.9 Å². The Morgan fingerprint density at radius 3 is 2.59 bits per heavy atom. The fourth-order valence-corrected chi connectivity index (χ4v) is 2.03. The molecule has 0 spiro atoms. The first kappa shape index (κ1) is 12.0. The zero-order valence-electron chi connectivity index (χ0n) is 9.15. The Hall–Kier alpha value is -1.49. The molecule has 3 nitrogen and oxygen atoms in total. The minimum absolute atomic E-state index is 0.223. The zero-order valence-corrected chi connectivity index (χ0v) is 10.7. The lowest BCUT2D eigenvalue weighted by atomic mass is 10.2. The quantitative estimate of drug-likeness (QED) is 0.799. The second-order valence-corrected chi connectivity index (χ2v) is 4.19. The van der Waals surface area contributed by atoms with E-state index in [1.807, 2.05) is 6.92 Å². The first-order valence-electron chi connectivity index (χ1n) is 5.03. The fourth-order valence-electron chi connectivity index (χ4n) is 1.48. The molecule has 0 unspecified atom stereocenters. The summed E-state index contributed by atoms with van der Waals surface area (Å²) in [6.45, 7) is 1.83. The maximum atomic E-state index is 12.8. The number of nitrogens with zero attached hydrogens (tertiary/aromatic N) is 2. The summed E-state index contributed by atoms with van der Waals surface area (Å²) in [5.74, 6) is -0.338. The molecule has 0 aliphatic rings. The van der Waals surface area contributed by atoms with E-state index in [-0.39, 0.29) is 11.4 Å². The highest BCUT2D eigenvalue weighted by Crippen LogP contribution is 2.09. The number of aromatic nitrogens is 2. The molecule has 17 heavy (non-hydrogen) atoms. The zero-order chi connectivity index (χ0) is 12.4. The summed E-state index contributed by atoms with van der Waals surface area (Å²) in [5.41, 5.74) is 1.96. The van der Waals surface area contributed by atoms with Gasteiger partial charge in [0.15, 0.2) is 0 Å². The highest BCUT2D eigenvalue weighted by Gasteiger charge is 2.06. The van der Waals surface area contributed by atoms with Gasteiger partial charge in [-0.3, -0.25) is 4.79 Å². The van der Waals surface area contributed by atoms with Crippen LogP contribution in [0.15, 0.2) is 35.1 Å². The van der Waals surface area contributed by atoms with Crippen molar-refractivity contribution < 1.29 is 4.39 Å². The topological polar surface area (TPSA) is 34.9 Å². The second kappa shape index (κ2) is 4.79. The van der Waals surface area contributed by atoms with Crippen molar-refractivity contribution in [3.8, 4) is 5.69 Å². The lowest BCUT2D eigenvalue weighted by Gasteiger charge is -2.07. The first-order valence-corrected chi connectivity index (χ1v) is 6.15. The van der Waals surface area contributed by atoms with Gasteiger partial charge in [0.2, 0.25) is 0 Å². The van der Waals surface area contributed by atoms with Crippen LogP contribution in [0.25, 0.3) is 5.69 Å². The molecule has 1 aromatic heterocycles. The molecule has 0 saturated carbocycles. The lowest BCUT2D eigenvalue weighted by molar-refractivity contribution is 0.626. The largest absolute Gasteiger partial charge is 0.271 e. The van der Waals surface area contributed by atoms with Crippen LogP contribution in [0.5, 0.6) is 0 Å². The fraction of sp³-hybridized carbons (Fsp3) is 0.167. The predicted octanol–water partition coefficient (Wildman–Crippen LogP) is 2.57. The molecule has 5 heteroatoms. The van der Waals surface area contributed by atoms with Crippen LogP contribution in [0.2, 0.25) is 0 Å². The Kier molecular flexibility index (Phi) is 3.38. The molecular weight excluding hydrogens is 287 g/mol. The number of aryl methyl sites for hydroxylation is 1. The third kappa shape index (κ3) is 2.44. The van der Waals surface area contributed by atoms with Gasteiger partial charge in [-0.25, -0.2) is 4.39 Å². The molecule has 0 saturated heterocycles. The van der Waals surface area contributed by atoms with Crippen LogP contribution in [0, 0.1) is 12.7 Å². The second-order valence-electron chi connectivity index (χ2n) is 3.63. The summed E-state index contributed by atoms with van der Waals surface area (Å²) in [6.07, 6.45) is 0. The number of hydrogen-bond acceptors (Lipinski definition) is 2. The Bertz CT molecular complexity index is 592. The third-order valence-electron chi connectivity index (χ3n) is 2.42. The molecule has 0 aliphatic heterocycles. The average Bonchev–Trinajstić information content (AvgIpc) is 2.31. The number of rotatable bonds is 2. The van der Waals surface area contributed by atoms with Gasteiger partial charge < -0.3 is 0 Å². The van der Waals surface area contributed by atoms with Gasteiger partial charge in [-0.2, -0.15) is 9.78 Å². The van der Waals surface area contributed by atoms with E-state index in [2.05, 4.69) is 21.0 Å². The van der Waals surface area contributed by atoms with Gasteiger partial charge in [0.25, 0.3) is 5.56 Å². The number of alkyl halides is 1. The van der Waals surface area contributed by atoms with Gasteiger partial charge in [0, 0.05) is 11.4 Å². The summed E-state index contributed by atoms with van der Waals surface area (Å²) in [6, 6.07) is 7.18. The standard InChI is InChI=1S/C12H10BrFN2O/c1-8-6-12(17)16(15-11(8)7-13)10-4-2-9(14)3-5-10/h2-6H,7H2,1H3. The molecule has 1 aromatic carbocycles. The maximum absolute atomic E-state index is 12.8. The Morgan fingerprint density at radius 1 is 1.35 bits per heavy atom. The van der Waals surface area contributed by atoms with Crippen molar-refractivity contribution in [2.45, 2.75) is 12.3 Å². The molecule has 0 atom stereocenters. The van der Waals surface area contributed by atoms with E-state index < -0.39 is 0 Å². The van der Waals surface area contributed by atoms with E-state index in [1.165, 1.54) is 35.0 Å². The summed E-state index contributed by atoms with van der Waals surface area (Å²) < 4.78 is 14.1. The number of halogens is 2. The van der Waals surface area contributed by atoms with Crippen molar-refractivity contribution in [3.63, 3.8) is 0 Å². The van der Waals surface area contributed by atoms with Gasteiger partial charge in [0.05, 0.1) is 11.4 Å². The third-order valence-corrected chi connectivity index (χ3v) is 2.95. The minimum atomic E-state index is -0.338. The van der Waals surface area contributed by atoms with Gasteiger partial charge in [-0.05, 0) is 36.8 Å². The lowest BCUT2D eigenvalue weighted by Crippen LogP contribution is -2.22. The normalized spacial score (nSPS) is 10.5. The van der Waals surface area contributed by atoms with Gasteiger partial charge in [-0.15, -0.1) is 0 Å². The van der Waals surface area contributed by atoms with E-state index in [0.717, 1.165) is 11.3 Å². The molecule has 0 bridgehead atoms. The minimum Gasteiger partial charge on any atom is -0.267 e.